The summed E-state index contributed by atoms with van der Waals surface area (Å²) < 4.78 is 0. The van der Waals surface area contributed by atoms with Gasteiger partial charge in [-0.1, -0.05) is 6.08 Å². The van der Waals surface area contributed by atoms with Crippen molar-refractivity contribution in [2.45, 2.75) is 26.4 Å². The van der Waals surface area contributed by atoms with Gasteiger partial charge in [0.25, 0.3) is 0 Å². The molecule has 0 saturated heterocycles. The van der Waals surface area contributed by atoms with Gasteiger partial charge in [-0.3, -0.25) is 9.98 Å². The van der Waals surface area contributed by atoms with Crippen molar-refractivity contribution in [2.75, 3.05) is 0 Å². The summed E-state index contributed by atoms with van der Waals surface area (Å²) in [4.78, 5) is 22.7. The maximum absolute atomic E-state index is 10.8. The Balaban J connectivity index is 2.21. The third-order valence-corrected chi connectivity index (χ3v) is 3.36. The number of carbonyl (C=O) groups is 1. The van der Waals surface area contributed by atoms with E-state index in [4.69, 9.17) is 0 Å². The lowest BCUT2D eigenvalue weighted by Gasteiger charge is -2.12. The Kier molecular flexibility index (Phi) is 4.66. The van der Waals surface area contributed by atoms with E-state index in [9.17, 15) is 20.3 Å². The number of aromatic nitrogens is 1. The molecule has 1 aliphatic rings. The molecular formula is C14H14N2O5-2. The van der Waals surface area contributed by atoms with Crippen LogP contribution in [0.2, 0.25) is 0 Å². The van der Waals surface area contributed by atoms with Crippen LogP contribution < -0.4 is 10.4 Å². The average Bonchev–Trinajstić information content (AvgIpc) is 2.92. The van der Waals surface area contributed by atoms with Crippen LogP contribution in [0.5, 0.6) is 5.75 Å². The number of aliphatic imine (C=N–C) groups is 1. The Bertz CT molecular complexity index is 610. The summed E-state index contributed by atoms with van der Waals surface area (Å²) in [6.07, 6.45) is 5.21. The van der Waals surface area contributed by atoms with E-state index in [1.165, 1.54) is 12.4 Å². The van der Waals surface area contributed by atoms with Gasteiger partial charge in [-0.05, 0) is 19.8 Å². The zero-order chi connectivity index (χ0) is 15.4. The Morgan fingerprint density at radius 1 is 1.67 bits per heavy atom. The summed E-state index contributed by atoms with van der Waals surface area (Å²) in [6, 6.07) is 0. The molecule has 0 amide bonds. The SMILES string of the molecule is Cc1ncc(CO[O-])c(C=NC2=CC[C@H](C(=O)[O-])C2)c1O. The molecule has 0 aromatic carbocycles. The molecule has 0 aliphatic heterocycles. The van der Waals surface area contributed by atoms with Gasteiger partial charge in [-0.15, -0.1) is 0 Å². The molecule has 0 unspecified atom stereocenters. The van der Waals surface area contributed by atoms with E-state index in [0.717, 1.165) is 0 Å². The minimum Gasteiger partial charge on any atom is -0.723 e. The smallest absolute Gasteiger partial charge is 0.145 e. The van der Waals surface area contributed by atoms with Crippen molar-refractivity contribution in [1.29, 1.82) is 0 Å². The normalized spacial score (nSPS) is 18.2. The number of hydrogen-bond donors (Lipinski definition) is 1. The van der Waals surface area contributed by atoms with Crippen LogP contribution in [0.3, 0.4) is 0 Å². The molecule has 1 N–H and O–H groups in total. The minimum atomic E-state index is -1.10. The summed E-state index contributed by atoms with van der Waals surface area (Å²) in [6.45, 7) is 1.37. The lowest BCUT2D eigenvalue weighted by atomic mass is 10.1. The van der Waals surface area contributed by atoms with E-state index in [0.29, 0.717) is 28.9 Å². The number of rotatable bonds is 5. The number of pyridine rings is 1. The van der Waals surface area contributed by atoms with Crippen molar-refractivity contribution in [2.24, 2.45) is 10.9 Å². The number of allylic oxidation sites excluding steroid dienone is 2. The number of carboxylic acid groups (broad SMARTS) is 1. The van der Waals surface area contributed by atoms with E-state index in [2.05, 4.69) is 14.9 Å². The van der Waals surface area contributed by atoms with Gasteiger partial charge in [0.2, 0.25) is 0 Å². The number of carbonyl (C=O) groups excluding carboxylic acids is 1. The van der Waals surface area contributed by atoms with E-state index in [-0.39, 0.29) is 18.8 Å². The van der Waals surface area contributed by atoms with Gasteiger partial charge in [0.1, 0.15) is 5.75 Å². The van der Waals surface area contributed by atoms with Crippen molar-refractivity contribution in [3.8, 4) is 5.75 Å². The van der Waals surface area contributed by atoms with Crippen LogP contribution in [0, 0.1) is 12.8 Å². The van der Waals surface area contributed by atoms with Crippen LogP contribution in [-0.2, 0) is 16.3 Å². The monoisotopic (exact) mass is 290 g/mol. The van der Waals surface area contributed by atoms with Gasteiger partial charge < -0.3 is 25.2 Å². The number of nitrogens with zero attached hydrogens (tertiary/aromatic N) is 2. The van der Waals surface area contributed by atoms with Crippen LogP contribution in [-0.4, -0.2) is 22.3 Å². The second-order valence-electron chi connectivity index (χ2n) is 4.80. The Morgan fingerprint density at radius 2 is 2.43 bits per heavy atom. The third-order valence-electron chi connectivity index (χ3n) is 3.36. The molecule has 1 aliphatic carbocycles. The molecule has 0 saturated carbocycles. The highest BCUT2D eigenvalue weighted by Crippen LogP contribution is 2.27. The number of carboxylic acids is 1. The molecule has 112 valence electrons. The Morgan fingerprint density at radius 3 is 3.05 bits per heavy atom. The molecule has 0 bridgehead atoms. The molecule has 2 rings (SSSR count). The molecule has 1 atom stereocenters. The van der Waals surface area contributed by atoms with E-state index >= 15 is 0 Å². The van der Waals surface area contributed by atoms with Crippen molar-refractivity contribution in [3.05, 3.63) is 34.8 Å². The van der Waals surface area contributed by atoms with Crippen molar-refractivity contribution in [3.63, 3.8) is 0 Å². The minimum absolute atomic E-state index is 0.0802. The molecule has 0 spiro atoms. The van der Waals surface area contributed by atoms with Gasteiger partial charge in [0, 0.05) is 41.1 Å². The molecule has 7 heteroatoms. The van der Waals surface area contributed by atoms with Crippen LogP contribution >= 0.6 is 0 Å². The zero-order valence-corrected chi connectivity index (χ0v) is 11.4. The molecule has 7 nitrogen and oxygen atoms in total. The van der Waals surface area contributed by atoms with Crippen LogP contribution in [0.25, 0.3) is 0 Å². The molecule has 1 heterocycles. The fraction of sp³-hybridized carbons (Fsp3) is 0.357. The number of aliphatic carboxylic acids is 1. The Hall–Kier alpha value is -2.25. The quantitative estimate of drug-likeness (QED) is 0.437. The molecule has 0 radical (unpaired) electrons. The van der Waals surface area contributed by atoms with E-state index in [1.54, 1.807) is 13.0 Å². The lowest BCUT2D eigenvalue weighted by Crippen LogP contribution is -2.29. The summed E-state index contributed by atoms with van der Waals surface area (Å²) in [5, 5.41) is 31.0. The van der Waals surface area contributed by atoms with Crippen molar-refractivity contribution in [1.82, 2.24) is 4.98 Å². The standard InChI is InChI=1S/C14H16N2O5/c1-8-13(17)12(10(5-15-8)7-21-20)6-16-11-3-2-9(4-11)14(18)19/h3,5-6,9,17,20H,2,4,7H2,1H3,(H,18,19)/p-2/t9-/m0/s1. The summed E-state index contributed by atoms with van der Waals surface area (Å²) in [7, 11) is 0. The summed E-state index contributed by atoms with van der Waals surface area (Å²) in [5.74, 6) is -1.74. The highest BCUT2D eigenvalue weighted by Gasteiger charge is 2.17. The van der Waals surface area contributed by atoms with Crippen LogP contribution in [0.15, 0.2) is 23.0 Å². The molecule has 1 aromatic heterocycles. The van der Waals surface area contributed by atoms with Gasteiger partial charge in [0.15, 0.2) is 0 Å². The second kappa shape index (κ2) is 6.47. The number of aryl methyl sites for hydroxylation is 1. The fourth-order valence-electron chi connectivity index (χ4n) is 2.10. The number of aromatic hydroxyl groups is 1. The largest absolute Gasteiger partial charge is 0.723 e. The topological polar surface area (TPSA) is 118 Å². The predicted molar refractivity (Wildman–Crippen MR) is 68.8 cm³/mol. The summed E-state index contributed by atoms with van der Waals surface area (Å²) >= 11 is 0. The van der Waals surface area contributed by atoms with E-state index in [1.807, 2.05) is 0 Å². The lowest BCUT2D eigenvalue weighted by molar-refractivity contribution is -0.695. The first kappa shape index (κ1) is 15.1. The fourth-order valence-corrected chi connectivity index (χ4v) is 2.10. The summed E-state index contributed by atoms with van der Waals surface area (Å²) in [5.41, 5.74) is 1.76. The Labute approximate surface area is 121 Å². The third kappa shape index (κ3) is 3.45. The van der Waals surface area contributed by atoms with Crippen LogP contribution in [0.1, 0.15) is 29.7 Å². The predicted octanol–water partition coefficient (Wildman–Crippen LogP) is -0.650. The molecule has 1 aromatic rings. The van der Waals surface area contributed by atoms with Gasteiger partial charge in [0.05, 0.1) is 12.3 Å². The van der Waals surface area contributed by atoms with Gasteiger partial charge >= 0.3 is 0 Å². The first-order valence-electron chi connectivity index (χ1n) is 6.39. The van der Waals surface area contributed by atoms with Crippen LogP contribution in [0.4, 0.5) is 0 Å². The highest BCUT2D eigenvalue weighted by molar-refractivity contribution is 5.86. The molecular weight excluding hydrogens is 276 g/mol. The molecule has 21 heavy (non-hydrogen) atoms. The number of hydrogen-bond acceptors (Lipinski definition) is 7. The first-order chi connectivity index (χ1) is 10.0. The zero-order valence-electron chi connectivity index (χ0n) is 11.4. The first-order valence-corrected chi connectivity index (χ1v) is 6.39. The molecule has 0 fully saturated rings. The van der Waals surface area contributed by atoms with Crippen molar-refractivity contribution < 1.29 is 25.2 Å². The second-order valence-corrected chi connectivity index (χ2v) is 4.80. The maximum Gasteiger partial charge on any atom is 0.145 e. The van der Waals surface area contributed by atoms with E-state index < -0.39 is 11.9 Å². The maximum atomic E-state index is 10.8. The van der Waals surface area contributed by atoms with Gasteiger partial charge in [-0.25, -0.2) is 0 Å². The average molecular weight is 290 g/mol. The van der Waals surface area contributed by atoms with Gasteiger partial charge in [-0.2, -0.15) is 0 Å². The van der Waals surface area contributed by atoms with Crippen molar-refractivity contribution >= 4 is 12.2 Å². The highest BCUT2D eigenvalue weighted by atomic mass is 17.1.